The van der Waals surface area contributed by atoms with Crippen molar-refractivity contribution in [2.24, 2.45) is 5.41 Å². The maximum atomic E-state index is 12.9. The SMILES string of the molecule is CC(=O)C(C)(C#N)Cc1ccc(F)c(Cl)c1. The van der Waals surface area contributed by atoms with Crippen molar-refractivity contribution >= 4 is 17.4 Å². The molecule has 4 heteroatoms. The van der Waals surface area contributed by atoms with Gasteiger partial charge in [0.2, 0.25) is 0 Å². The van der Waals surface area contributed by atoms with Crippen LogP contribution in [-0.2, 0) is 11.2 Å². The van der Waals surface area contributed by atoms with Crippen LogP contribution < -0.4 is 0 Å². The third-order valence-corrected chi connectivity index (χ3v) is 2.86. The number of rotatable bonds is 3. The third-order valence-electron chi connectivity index (χ3n) is 2.57. The summed E-state index contributed by atoms with van der Waals surface area (Å²) in [5.74, 6) is -0.720. The Morgan fingerprint density at radius 2 is 2.25 bits per heavy atom. The van der Waals surface area contributed by atoms with Gasteiger partial charge in [-0.25, -0.2) is 4.39 Å². The Bertz CT molecular complexity index is 467. The van der Waals surface area contributed by atoms with Gasteiger partial charge >= 0.3 is 0 Å². The van der Waals surface area contributed by atoms with Crippen molar-refractivity contribution in [3.63, 3.8) is 0 Å². The second-order valence-electron chi connectivity index (χ2n) is 3.93. The summed E-state index contributed by atoms with van der Waals surface area (Å²) < 4.78 is 12.9. The predicted octanol–water partition coefficient (Wildman–Crippen LogP) is 3.14. The molecular formula is C12H11ClFNO. The highest BCUT2D eigenvalue weighted by Crippen LogP contribution is 2.25. The summed E-state index contributed by atoms with van der Waals surface area (Å²) in [7, 11) is 0. The zero-order valence-electron chi connectivity index (χ0n) is 9.05. The molecule has 0 fully saturated rings. The average Bonchev–Trinajstić information content (AvgIpc) is 2.23. The maximum Gasteiger partial charge on any atom is 0.150 e. The van der Waals surface area contributed by atoms with Crippen LogP contribution in [0.2, 0.25) is 5.02 Å². The first-order valence-corrected chi connectivity index (χ1v) is 5.13. The van der Waals surface area contributed by atoms with Crippen molar-refractivity contribution in [3.05, 3.63) is 34.6 Å². The molecule has 0 spiro atoms. The van der Waals surface area contributed by atoms with E-state index in [0.717, 1.165) is 0 Å². The number of halogens is 2. The number of nitrogens with zero attached hydrogens (tertiary/aromatic N) is 1. The van der Waals surface area contributed by atoms with Crippen molar-refractivity contribution in [3.8, 4) is 6.07 Å². The third kappa shape index (κ3) is 2.59. The first kappa shape index (κ1) is 12.7. The number of ketones is 1. The van der Waals surface area contributed by atoms with E-state index < -0.39 is 11.2 Å². The smallest absolute Gasteiger partial charge is 0.150 e. The van der Waals surface area contributed by atoms with Gasteiger partial charge in [0, 0.05) is 0 Å². The second kappa shape index (κ2) is 4.63. The van der Waals surface area contributed by atoms with Crippen LogP contribution in [0.3, 0.4) is 0 Å². The molecule has 0 radical (unpaired) electrons. The average molecular weight is 240 g/mol. The van der Waals surface area contributed by atoms with Crippen LogP contribution in [0, 0.1) is 22.6 Å². The lowest BCUT2D eigenvalue weighted by molar-refractivity contribution is -0.123. The lowest BCUT2D eigenvalue weighted by Crippen LogP contribution is -2.26. The summed E-state index contributed by atoms with van der Waals surface area (Å²) in [4.78, 5) is 11.3. The highest BCUT2D eigenvalue weighted by Gasteiger charge is 2.30. The van der Waals surface area contributed by atoms with E-state index in [1.54, 1.807) is 6.92 Å². The first-order chi connectivity index (χ1) is 7.39. The van der Waals surface area contributed by atoms with Gasteiger partial charge < -0.3 is 0 Å². The molecule has 0 aliphatic heterocycles. The van der Waals surface area contributed by atoms with Gasteiger partial charge in [-0.15, -0.1) is 0 Å². The van der Waals surface area contributed by atoms with Gasteiger partial charge in [0.25, 0.3) is 0 Å². The Hall–Kier alpha value is -1.40. The molecule has 1 unspecified atom stereocenters. The van der Waals surface area contributed by atoms with Gasteiger partial charge in [-0.05, 0) is 38.0 Å². The van der Waals surface area contributed by atoms with Gasteiger partial charge in [0.05, 0.1) is 11.1 Å². The van der Waals surface area contributed by atoms with Crippen molar-refractivity contribution in [2.45, 2.75) is 20.3 Å². The molecule has 0 heterocycles. The van der Waals surface area contributed by atoms with Gasteiger partial charge in [-0.1, -0.05) is 17.7 Å². The highest BCUT2D eigenvalue weighted by atomic mass is 35.5. The Labute approximate surface area is 98.6 Å². The van der Waals surface area contributed by atoms with Crippen LogP contribution in [0.15, 0.2) is 18.2 Å². The Balaban J connectivity index is 3.01. The van der Waals surface area contributed by atoms with E-state index in [-0.39, 0.29) is 17.2 Å². The number of Topliss-reactive ketones (excluding diaryl/α,β-unsaturated/α-hetero) is 1. The largest absolute Gasteiger partial charge is 0.298 e. The number of hydrogen-bond acceptors (Lipinski definition) is 2. The standard InChI is InChI=1S/C12H11ClFNO/c1-8(16)12(2,7-15)6-9-3-4-11(14)10(13)5-9/h3-5H,6H2,1-2H3. The topological polar surface area (TPSA) is 40.9 Å². The molecule has 2 nitrogen and oxygen atoms in total. The quantitative estimate of drug-likeness (QED) is 0.813. The molecule has 16 heavy (non-hydrogen) atoms. The van der Waals surface area contributed by atoms with E-state index in [1.807, 2.05) is 6.07 Å². The van der Waals surface area contributed by atoms with E-state index >= 15 is 0 Å². The Kier molecular flexibility index (Phi) is 3.66. The van der Waals surface area contributed by atoms with Crippen LogP contribution >= 0.6 is 11.6 Å². The molecule has 0 aromatic heterocycles. The summed E-state index contributed by atoms with van der Waals surface area (Å²) in [5, 5.41) is 8.96. The molecular weight excluding hydrogens is 229 g/mol. The number of hydrogen-bond donors (Lipinski definition) is 0. The van der Waals surface area contributed by atoms with Crippen molar-refractivity contribution < 1.29 is 9.18 Å². The minimum absolute atomic E-state index is 0.00124. The maximum absolute atomic E-state index is 12.9. The minimum Gasteiger partial charge on any atom is -0.298 e. The lowest BCUT2D eigenvalue weighted by atomic mass is 9.82. The number of carbonyl (C=O) groups excluding carboxylic acids is 1. The molecule has 1 aromatic carbocycles. The fourth-order valence-electron chi connectivity index (χ4n) is 1.30. The van der Waals surface area contributed by atoms with Gasteiger partial charge in [0.1, 0.15) is 17.0 Å². The first-order valence-electron chi connectivity index (χ1n) is 4.75. The van der Waals surface area contributed by atoms with E-state index in [0.29, 0.717) is 5.56 Å². The van der Waals surface area contributed by atoms with Crippen molar-refractivity contribution in [1.29, 1.82) is 5.26 Å². The van der Waals surface area contributed by atoms with E-state index in [9.17, 15) is 9.18 Å². The van der Waals surface area contributed by atoms with Crippen molar-refractivity contribution in [2.75, 3.05) is 0 Å². The molecule has 0 saturated carbocycles. The molecule has 0 N–H and O–H groups in total. The summed E-state index contributed by atoms with van der Waals surface area (Å²) in [6.07, 6.45) is 0.235. The number of benzene rings is 1. The molecule has 0 saturated heterocycles. The summed E-state index contributed by atoms with van der Waals surface area (Å²) >= 11 is 5.62. The van der Waals surface area contributed by atoms with Gasteiger partial charge in [-0.2, -0.15) is 5.26 Å². The normalized spacial score (nSPS) is 13.9. The predicted molar refractivity (Wildman–Crippen MR) is 59.5 cm³/mol. The molecule has 0 bridgehead atoms. The lowest BCUT2D eigenvalue weighted by Gasteiger charge is -2.17. The van der Waals surface area contributed by atoms with E-state index in [1.165, 1.54) is 25.1 Å². The summed E-state index contributed by atoms with van der Waals surface area (Å²) in [6, 6.07) is 6.17. The van der Waals surface area contributed by atoms with Crippen LogP contribution in [0.5, 0.6) is 0 Å². The van der Waals surface area contributed by atoms with Gasteiger partial charge in [-0.3, -0.25) is 4.79 Å². The van der Waals surface area contributed by atoms with Crippen LogP contribution in [-0.4, -0.2) is 5.78 Å². The molecule has 84 valence electrons. The molecule has 1 rings (SSSR count). The van der Waals surface area contributed by atoms with Crippen LogP contribution in [0.1, 0.15) is 19.4 Å². The highest BCUT2D eigenvalue weighted by molar-refractivity contribution is 6.30. The van der Waals surface area contributed by atoms with E-state index in [2.05, 4.69) is 0 Å². The second-order valence-corrected chi connectivity index (χ2v) is 4.33. The molecule has 1 aromatic rings. The summed E-state index contributed by atoms with van der Waals surface area (Å²) in [5.41, 5.74) is -0.410. The van der Waals surface area contributed by atoms with Crippen LogP contribution in [0.25, 0.3) is 0 Å². The van der Waals surface area contributed by atoms with Gasteiger partial charge in [0.15, 0.2) is 0 Å². The Morgan fingerprint density at radius 3 is 2.69 bits per heavy atom. The molecule has 0 aliphatic rings. The number of carbonyl (C=O) groups is 1. The van der Waals surface area contributed by atoms with E-state index in [4.69, 9.17) is 16.9 Å². The molecule has 0 amide bonds. The minimum atomic E-state index is -1.08. The Morgan fingerprint density at radius 1 is 1.62 bits per heavy atom. The molecule has 1 atom stereocenters. The monoisotopic (exact) mass is 239 g/mol. The van der Waals surface area contributed by atoms with Crippen LogP contribution in [0.4, 0.5) is 4.39 Å². The summed E-state index contributed by atoms with van der Waals surface area (Å²) in [6.45, 7) is 2.93. The zero-order chi connectivity index (χ0) is 12.3. The van der Waals surface area contributed by atoms with Crippen molar-refractivity contribution in [1.82, 2.24) is 0 Å². The number of nitriles is 1. The molecule has 0 aliphatic carbocycles. The zero-order valence-corrected chi connectivity index (χ0v) is 9.81. The fraction of sp³-hybridized carbons (Fsp3) is 0.333. The fourth-order valence-corrected chi connectivity index (χ4v) is 1.50.